The number of rotatable bonds is 4. The first kappa shape index (κ1) is 10.1. The highest BCUT2D eigenvalue weighted by Gasteiger charge is 2.13. The van der Waals surface area contributed by atoms with Crippen LogP contribution in [0.25, 0.3) is 0 Å². The predicted octanol–water partition coefficient (Wildman–Crippen LogP) is 1.46. The second-order valence-electron chi connectivity index (χ2n) is 3.73. The summed E-state index contributed by atoms with van der Waals surface area (Å²) in [6, 6.07) is 0. The van der Waals surface area contributed by atoms with Crippen molar-refractivity contribution in [3.63, 3.8) is 0 Å². The summed E-state index contributed by atoms with van der Waals surface area (Å²) >= 11 is 1.83. The zero-order valence-electron chi connectivity index (χ0n) is 8.62. The molecular formula is C10H17N3S. The number of likely N-dealkylation sites (tertiary alicyclic amines) is 1. The molecule has 1 aliphatic heterocycles. The molecule has 1 fully saturated rings. The van der Waals surface area contributed by atoms with Gasteiger partial charge in [0.1, 0.15) is 5.01 Å². The minimum absolute atomic E-state index is 0.942. The molecule has 1 aromatic rings. The molecule has 4 heteroatoms. The molecule has 0 atom stereocenters. The SMILES string of the molecule is CNCc1cnc(CN2CCCC2)s1. The normalized spacial score (nSPS) is 17.8. The minimum atomic E-state index is 0.942. The van der Waals surface area contributed by atoms with Gasteiger partial charge in [0.2, 0.25) is 0 Å². The molecule has 1 aliphatic rings. The molecule has 14 heavy (non-hydrogen) atoms. The number of nitrogens with zero attached hydrogens (tertiary/aromatic N) is 2. The molecule has 0 aromatic carbocycles. The van der Waals surface area contributed by atoms with E-state index in [1.54, 1.807) is 0 Å². The van der Waals surface area contributed by atoms with E-state index in [4.69, 9.17) is 0 Å². The van der Waals surface area contributed by atoms with Crippen molar-refractivity contribution < 1.29 is 0 Å². The van der Waals surface area contributed by atoms with Gasteiger partial charge < -0.3 is 5.32 Å². The van der Waals surface area contributed by atoms with Gasteiger partial charge in [-0.1, -0.05) is 0 Å². The Balaban J connectivity index is 1.88. The summed E-state index contributed by atoms with van der Waals surface area (Å²) in [6.45, 7) is 4.49. The number of thiazole rings is 1. The van der Waals surface area contributed by atoms with E-state index in [1.807, 2.05) is 24.6 Å². The van der Waals surface area contributed by atoms with Crippen LogP contribution in [-0.4, -0.2) is 30.0 Å². The van der Waals surface area contributed by atoms with Gasteiger partial charge in [-0.3, -0.25) is 4.90 Å². The smallest absolute Gasteiger partial charge is 0.107 e. The first-order valence-electron chi connectivity index (χ1n) is 5.19. The van der Waals surface area contributed by atoms with Crippen molar-refractivity contribution in [3.05, 3.63) is 16.1 Å². The van der Waals surface area contributed by atoms with E-state index < -0.39 is 0 Å². The fraction of sp³-hybridized carbons (Fsp3) is 0.700. The van der Waals surface area contributed by atoms with E-state index in [2.05, 4.69) is 15.2 Å². The third kappa shape index (κ3) is 2.53. The van der Waals surface area contributed by atoms with Gasteiger partial charge in [-0.15, -0.1) is 11.3 Å². The molecule has 2 heterocycles. The number of hydrogen-bond acceptors (Lipinski definition) is 4. The summed E-state index contributed by atoms with van der Waals surface area (Å²) in [6.07, 6.45) is 4.70. The molecule has 1 aromatic heterocycles. The highest BCUT2D eigenvalue weighted by molar-refractivity contribution is 7.11. The van der Waals surface area contributed by atoms with Gasteiger partial charge >= 0.3 is 0 Å². The molecule has 0 bridgehead atoms. The molecule has 2 rings (SSSR count). The van der Waals surface area contributed by atoms with Gasteiger partial charge in [-0.2, -0.15) is 0 Å². The van der Waals surface area contributed by atoms with Crippen molar-refractivity contribution >= 4 is 11.3 Å². The molecule has 0 saturated carbocycles. The summed E-state index contributed by atoms with van der Waals surface area (Å²) in [5.41, 5.74) is 0. The summed E-state index contributed by atoms with van der Waals surface area (Å²) in [5.74, 6) is 0. The Morgan fingerprint density at radius 1 is 1.50 bits per heavy atom. The lowest BCUT2D eigenvalue weighted by Gasteiger charge is -2.11. The van der Waals surface area contributed by atoms with Crippen LogP contribution < -0.4 is 5.32 Å². The number of aromatic nitrogens is 1. The zero-order chi connectivity index (χ0) is 9.80. The van der Waals surface area contributed by atoms with Crippen molar-refractivity contribution in [2.45, 2.75) is 25.9 Å². The molecule has 1 saturated heterocycles. The van der Waals surface area contributed by atoms with E-state index >= 15 is 0 Å². The van der Waals surface area contributed by atoms with Crippen molar-refractivity contribution in [2.75, 3.05) is 20.1 Å². The van der Waals surface area contributed by atoms with Crippen LogP contribution in [-0.2, 0) is 13.1 Å². The molecule has 78 valence electrons. The Morgan fingerprint density at radius 3 is 3.00 bits per heavy atom. The molecule has 0 aliphatic carbocycles. The molecule has 0 amide bonds. The van der Waals surface area contributed by atoms with Crippen LogP contribution in [0.1, 0.15) is 22.7 Å². The third-order valence-electron chi connectivity index (χ3n) is 2.51. The van der Waals surface area contributed by atoms with Crippen LogP contribution in [0.3, 0.4) is 0 Å². The standard InChI is InChI=1S/C10H17N3S/c1-11-6-9-7-12-10(14-9)8-13-4-2-3-5-13/h7,11H,2-6,8H2,1H3. The zero-order valence-corrected chi connectivity index (χ0v) is 9.44. The molecule has 3 nitrogen and oxygen atoms in total. The van der Waals surface area contributed by atoms with Gasteiger partial charge in [-0.25, -0.2) is 4.98 Å². The number of nitrogens with one attached hydrogen (secondary N) is 1. The highest BCUT2D eigenvalue weighted by Crippen LogP contribution is 2.17. The summed E-state index contributed by atoms with van der Waals surface area (Å²) in [4.78, 5) is 8.26. The Kier molecular flexibility index (Phi) is 3.50. The maximum absolute atomic E-state index is 4.44. The average Bonchev–Trinajstić information content (AvgIpc) is 2.79. The van der Waals surface area contributed by atoms with Gasteiger partial charge in [0.05, 0.1) is 6.54 Å². The van der Waals surface area contributed by atoms with Crippen molar-refractivity contribution in [2.24, 2.45) is 0 Å². The van der Waals surface area contributed by atoms with Crippen LogP contribution in [0.5, 0.6) is 0 Å². The minimum Gasteiger partial charge on any atom is -0.315 e. The van der Waals surface area contributed by atoms with E-state index in [0.29, 0.717) is 0 Å². The molecule has 0 unspecified atom stereocenters. The second-order valence-corrected chi connectivity index (χ2v) is 4.93. The highest BCUT2D eigenvalue weighted by atomic mass is 32.1. The van der Waals surface area contributed by atoms with Gasteiger partial charge in [0, 0.05) is 17.6 Å². The maximum atomic E-state index is 4.44. The van der Waals surface area contributed by atoms with E-state index in [9.17, 15) is 0 Å². The van der Waals surface area contributed by atoms with Gasteiger partial charge in [0.15, 0.2) is 0 Å². The van der Waals surface area contributed by atoms with Crippen LogP contribution in [0.2, 0.25) is 0 Å². The van der Waals surface area contributed by atoms with Crippen molar-refractivity contribution in [1.82, 2.24) is 15.2 Å². The summed E-state index contributed by atoms with van der Waals surface area (Å²) in [5, 5.41) is 4.41. The molecule has 0 radical (unpaired) electrons. The lowest BCUT2D eigenvalue weighted by Crippen LogP contribution is -2.17. The Bertz CT molecular complexity index is 279. The Hall–Kier alpha value is -0.450. The maximum Gasteiger partial charge on any atom is 0.107 e. The van der Waals surface area contributed by atoms with E-state index in [0.717, 1.165) is 13.1 Å². The Labute approximate surface area is 89.1 Å². The summed E-state index contributed by atoms with van der Waals surface area (Å²) < 4.78 is 0. The monoisotopic (exact) mass is 211 g/mol. The van der Waals surface area contributed by atoms with Gasteiger partial charge in [0.25, 0.3) is 0 Å². The molecule has 1 N–H and O–H groups in total. The first-order valence-corrected chi connectivity index (χ1v) is 6.00. The number of hydrogen-bond donors (Lipinski definition) is 1. The van der Waals surface area contributed by atoms with Crippen LogP contribution >= 0.6 is 11.3 Å². The van der Waals surface area contributed by atoms with Crippen LogP contribution in [0.15, 0.2) is 6.20 Å². The van der Waals surface area contributed by atoms with E-state index in [-0.39, 0.29) is 0 Å². The first-order chi connectivity index (χ1) is 6.88. The lowest BCUT2D eigenvalue weighted by atomic mass is 10.4. The van der Waals surface area contributed by atoms with Crippen molar-refractivity contribution in [1.29, 1.82) is 0 Å². The average molecular weight is 211 g/mol. The predicted molar refractivity (Wildman–Crippen MR) is 59.4 cm³/mol. The topological polar surface area (TPSA) is 28.2 Å². The molecular weight excluding hydrogens is 194 g/mol. The van der Waals surface area contributed by atoms with Crippen molar-refractivity contribution in [3.8, 4) is 0 Å². The van der Waals surface area contributed by atoms with Crippen LogP contribution in [0, 0.1) is 0 Å². The second kappa shape index (κ2) is 4.87. The molecule has 0 spiro atoms. The third-order valence-corrected chi connectivity index (χ3v) is 3.49. The fourth-order valence-corrected chi connectivity index (χ4v) is 2.79. The van der Waals surface area contributed by atoms with Crippen LogP contribution in [0.4, 0.5) is 0 Å². The van der Waals surface area contributed by atoms with Gasteiger partial charge in [-0.05, 0) is 33.0 Å². The fourth-order valence-electron chi connectivity index (χ4n) is 1.81. The quantitative estimate of drug-likeness (QED) is 0.817. The lowest BCUT2D eigenvalue weighted by molar-refractivity contribution is 0.331. The summed E-state index contributed by atoms with van der Waals surface area (Å²) in [7, 11) is 1.97. The largest absolute Gasteiger partial charge is 0.315 e. The Morgan fingerprint density at radius 2 is 2.29 bits per heavy atom. The van der Waals surface area contributed by atoms with E-state index in [1.165, 1.54) is 35.8 Å².